The van der Waals surface area contributed by atoms with E-state index in [0.29, 0.717) is 17.0 Å². The first kappa shape index (κ1) is 17.7. The van der Waals surface area contributed by atoms with E-state index in [4.69, 9.17) is 10.00 Å². The molecule has 0 bridgehead atoms. The van der Waals surface area contributed by atoms with Crippen LogP contribution in [0.2, 0.25) is 0 Å². The average Bonchev–Trinajstić information content (AvgIpc) is 2.68. The summed E-state index contributed by atoms with van der Waals surface area (Å²) in [6, 6.07) is 12.6. The highest BCUT2D eigenvalue weighted by molar-refractivity contribution is 5.91. The molecule has 26 heavy (non-hydrogen) atoms. The first-order chi connectivity index (χ1) is 12.7. The number of ether oxygens (including phenoxy) is 1. The van der Waals surface area contributed by atoms with Gasteiger partial charge in [0.15, 0.2) is 6.61 Å². The van der Waals surface area contributed by atoms with E-state index in [2.05, 4.69) is 27.1 Å². The number of hydrogen-bond acceptors (Lipinski definition) is 6. The van der Waals surface area contributed by atoms with Gasteiger partial charge in [0, 0.05) is 26.2 Å². The molecule has 1 aliphatic heterocycles. The highest BCUT2D eigenvalue weighted by Gasteiger charge is 2.15. The largest absolute Gasteiger partial charge is 0.482 e. The summed E-state index contributed by atoms with van der Waals surface area (Å²) in [5, 5.41) is 11.8. The van der Waals surface area contributed by atoms with Crippen molar-refractivity contribution >= 4 is 17.4 Å². The Labute approximate surface area is 152 Å². The van der Waals surface area contributed by atoms with E-state index < -0.39 is 0 Å². The fraction of sp³-hybridized carbons (Fsp3) is 0.316. The Morgan fingerprint density at radius 1 is 1.23 bits per heavy atom. The van der Waals surface area contributed by atoms with Crippen LogP contribution in [0.5, 0.6) is 5.75 Å². The van der Waals surface area contributed by atoms with E-state index in [9.17, 15) is 4.79 Å². The molecule has 7 nitrogen and oxygen atoms in total. The van der Waals surface area contributed by atoms with Gasteiger partial charge in [0.05, 0.1) is 17.4 Å². The number of nitriles is 1. The zero-order valence-corrected chi connectivity index (χ0v) is 14.7. The zero-order chi connectivity index (χ0) is 18.4. The summed E-state index contributed by atoms with van der Waals surface area (Å²) < 4.78 is 5.42. The lowest BCUT2D eigenvalue weighted by Gasteiger charge is -2.33. The number of pyridine rings is 1. The van der Waals surface area contributed by atoms with Gasteiger partial charge in [0.1, 0.15) is 17.6 Å². The third kappa shape index (κ3) is 4.49. The summed E-state index contributed by atoms with van der Waals surface area (Å²) in [7, 11) is 2.11. The number of piperazine rings is 1. The summed E-state index contributed by atoms with van der Waals surface area (Å²) in [6.45, 7) is 3.75. The van der Waals surface area contributed by atoms with E-state index in [0.717, 1.165) is 32.0 Å². The van der Waals surface area contributed by atoms with Crippen LogP contribution >= 0.6 is 0 Å². The smallest absolute Gasteiger partial charge is 0.262 e. The fourth-order valence-corrected chi connectivity index (χ4v) is 2.71. The molecule has 2 heterocycles. The van der Waals surface area contributed by atoms with Crippen LogP contribution in [0.25, 0.3) is 0 Å². The molecule has 0 aliphatic carbocycles. The standard InChI is InChI=1S/C19H21N5O2/c1-23-8-10-24(11-9-23)18-7-6-16(13-21-18)22-19(25)14-26-17-5-3-2-4-15(17)12-20/h2-7,13H,8-11,14H2,1H3,(H,22,25). The van der Waals surface area contributed by atoms with Crippen LogP contribution in [0.4, 0.5) is 11.5 Å². The van der Waals surface area contributed by atoms with Crippen molar-refractivity contribution in [2.45, 2.75) is 0 Å². The van der Waals surface area contributed by atoms with Crippen LogP contribution in [0.15, 0.2) is 42.6 Å². The number of carbonyl (C=O) groups excluding carboxylic acids is 1. The van der Waals surface area contributed by atoms with Crippen LogP contribution < -0.4 is 15.0 Å². The molecule has 0 saturated carbocycles. The third-order valence-corrected chi connectivity index (χ3v) is 4.23. The van der Waals surface area contributed by atoms with E-state index in [1.807, 2.05) is 18.2 Å². The SMILES string of the molecule is CN1CCN(c2ccc(NC(=O)COc3ccccc3C#N)cn2)CC1. The molecule has 1 aromatic heterocycles. The molecule has 0 atom stereocenters. The minimum Gasteiger partial charge on any atom is -0.482 e. The van der Waals surface area contributed by atoms with Crippen LogP contribution in [-0.4, -0.2) is 55.6 Å². The zero-order valence-electron chi connectivity index (χ0n) is 14.7. The molecule has 1 aliphatic rings. The fourth-order valence-electron chi connectivity index (χ4n) is 2.71. The maximum Gasteiger partial charge on any atom is 0.262 e. The lowest BCUT2D eigenvalue weighted by molar-refractivity contribution is -0.118. The Hall–Kier alpha value is -3.11. The quantitative estimate of drug-likeness (QED) is 0.883. The van der Waals surface area contributed by atoms with Crippen LogP contribution in [0.1, 0.15) is 5.56 Å². The number of hydrogen-bond donors (Lipinski definition) is 1. The van der Waals surface area contributed by atoms with Crippen molar-refractivity contribution in [3.63, 3.8) is 0 Å². The number of benzene rings is 1. The monoisotopic (exact) mass is 351 g/mol. The van der Waals surface area contributed by atoms with Gasteiger partial charge in [0.25, 0.3) is 5.91 Å². The molecule has 1 fully saturated rings. The molecular formula is C19H21N5O2. The number of likely N-dealkylation sites (N-methyl/N-ethyl adjacent to an activating group) is 1. The van der Waals surface area contributed by atoms with Gasteiger partial charge in [0.2, 0.25) is 0 Å². The van der Waals surface area contributed by atoms with Gasteiger partial charge in [-0.2, -0.15) is 5.26 Å². The maximum absolute atomic E-state index is 12.0. The summed E-state index contributed by atoms with van der Waals surface area (Å²) in [6.07, 6.45) is 1.65. The van der Waals surface area contributed by atoms with Crippen molar-refractivity contribution in [3.8, 4) is 11.8 Å². The van der Waals surface area contributed by atoms with Crippen LogP contribution in [-0.2, 0) is 4.79 Å². The Morgan fingerprint density at radius 2 is 2.00 bits per heavy atom. The van der Waals surface area contributed by atoms with Gasteiger partial charge in [-0.15, -0.1) is 0 Å². The third-order valence-electron chi connectivity index (χ3n) is 4.23. The normalized spacial score (nSPS) is 14.5. The Morgan fingerprint density at radius 3 is 2.69 bits per heavy atom. The van der Waals surface area contributed by atoms with Crippen molar-refractivity contribution < 1.29 is 9.53 Å². The molecule has 7 heteroatoms. The summed E-state index contributed by atoms with van der Waals surface area (Å²) in [5.41, 5.74) is 1.02. The molecule has 0 unspecified atom stereocenters. The van der Waals surface area contributed by atoms with Crippen molar-refractivity contribution in [2.75, 3.05) is 50.1 Å². The van der Waals surface area contributed by atoms with Gasteiger partial charge in [-0.3, -0.25) is 4.79 Å². The van der Waals surface area contributed by atoms with E-state index in [1.165, 1.54) is 0 Å². The van der Waals surface area contributed by atoms with Gasteiger partial charge in [-0.05, 0) is 31.3 Å². The lowest BCUT2D eigenvalue weighted by Crippen LogP contribution is -2.44. The topological polar surface area (TPSA) is 81.5 Å². The van der Waals surface area contributed by atoms with E-state index in [-0.39, 0.29) is 12.5 Å². The highest BCUT2D eigenvalue weighted by Crippen LogP contribution is 2.17. The second-order valence-corrected chi connectivity index (χ2v) is 6.14. The Kier molecular flexibility index (Phi) is 5.66. The number of rotatable bonds is 5. The highest BCUT2D eigenvalue weighted by atomic mass is 16.5. The van der Waals surface area contributed by atoms with Gasteiger partial charge >= 0.3 is 0 Å². The van der Waals surface area contributed by atoms with Gasteiger partial charge in [-0.1, -0.05) is 12.1 Å². The van der Waals surface area contributed by atoms with Crippen LogP contribution in [0.3, 0.4) is 0 Å². The number of nitrogens with zero attached hydrogens (tertiary/aromatic N) is 4. The second kappa shape index (κ2) is 8.32. The maximum atomic E-state index is 12.0. The predicted octanol–water partition coefficient (Wildman–Crippen LogP) is 1.72. The Balaban J connectivity index is 1.52. The predicted molar refractivity (Wildman–Crippen MR) is 99.2 cm³/mol. The molecule has 2 aromatic rings. The molecule has 0 spiro atoms. The van der Waals surface area contributed by atoms with Crippen molar-refractivity contribution in [2.24, 2.45) is 0 Å². The number of para-hydroxylation sites is 1. The molecular weight excluding hydrogens is 330 g/mol. The summed E-state index contributed by atoms with van der Waals surface area (Å²) >= 11 is 0. The average molecular weight is 351 g/mol. The van der Waals surface area contributed by atoms with Crippen LogP contribution in [0, 0.1) is 11.3 Å². The summed E-state index contributed by atoms with van der Waals surface area (Å²) in [4.78, 5) is 21.0. The van der Waals surface area contributed by atoms with Crippen molar-refractivity contribution in [3.05, 3.63) is 48.2 Å². The molecule has 1 aromatic carbocycles. The first-order valence-electron chi connectivity index (χ1n) is 8.47. The molecule has 3 rings (SSSR count). The minimum atomic E-state index is -0.299. The number of nitrogens with one attached hydrogen (secondary N) is 1. The molecule has 134 valence electrons. The van der Waals surface area contributed by atoms with Crippen molar-refractivity contribution in [1.29, 1.82) is 5.26 Å². The van der Waals surface area contributed by atoms with Crippen molar-refractivity contribution in [1.82, 2.24) is 9.88 Å². The number of carbonyl (C=O) groups is 1. The number of amides is 1. The van der Waals surface area contributed by atoms with E-state index in [1.54, 1.807) is 30.5 Å². The molecule has 1 N–H and O–H groups in total. The van der Waals surface area contributed by atoms with Gasteiger partial charge < -0.3 is 19.9 Å². The molecule has 0 radical (unpaired) electrons. The number of anilines is 2. The number of aromatic nitrogens is 1. The first-order valence-corrected chi connectivity index (χ1v) is 8.47. The lowest BCUT2D eigenvalue weighted by atomic mass is 10.2. The molecule has 1 saturated heterocycles. The Bertz CT molecular complexity index is 792. The second-order valence-electron chi connectivity index (χ2n) is 6.14. The molecule has 1 amide bonds. The minimum absolute atomic E-state index is 0.168. The van der Waals surface area contributed by atoms with Gasteiger partial charge in [-0.25, -0.2) is 4.98 Å². The van der Waals surface area contributed by atoms with E-state index >= 15 is 0 Å². The summed E-state index contributed by atoms with van der Waals surface area (Å²) in [5.74, 6) is 1.01.